The Morgan fingerprint density at radius 1 is 1.33 bits per heavy atom. The van der Waals surface area contributed by atoms with Gasteiger partial charge in [0.25, 0.3) is 0 Å². The van der Waals surface area contributed by atoms with Crippen molar-refractivity contribution < 1.29 is 4.74 Å². The highest BCUT2D eigenvalue weighted by Crippen LogP contribution is 1.99. The minimum atomic E-state index is -0.238. The van der Waals surface area contributed by atoms with E-state index < -0.39 is 0 Å². The van der Waals surface area contributed by atoms with Crippen LogP contribution < -0.4 is 5.32 Å². The molecule has 0 spiro atoms. The Kier molecular flexibility index (Phi) is 4.56. The van der Waals surface area contributed by atoms with Gasteiger partial charge in [0.15, 0.2) is 11.8 Å². The molecule has 0 unspecified atom stereocenters. The topological polar surface area (TPSA) is 92.6 Å². The zero-order valence-electron chi connectivity index (χ0n) is 6.46. The summed E-state index contributed by atoms with van der Waals surface area (Å²) >= 11 is 0. The first kappa shape index (κ1) is 9.81. The third-order valence-corrected chi connectivity index (χ3v) is 0.909. The van der Waals surface area contributed by atoms with Crippen LogP contribution in [0.4, 0.5) is 0 Å². The summed E-state index contributed by atoms with van der Waals surface area (Å²) in [6.45, 7) is 1.97. The van der Waals surface area contributed by atoms with Crippen LogP contribution in [-0.2, 0) is 4.74 Å². The van der Waals surface area contributed by atoms with E-state index in [0.29, 0.717) is 0 Å². The Morgan fingerprint density at radius 2 is 1.92 bits per heavy atom. The molecule has 0 saturated carbocycles. The van der Waals surface area contributed by atoms with E-state index >= 15 is 0 Å². The van der Waals surface area contributed by atoms with Gasteiger partial charge >= 0.3 is 0 Å². The number of nitrogens with one attached hydrogen (secondary N) is 1. The van der Waals surface area contributed by atoms with Crippen LogP contribution in [0.25, 0.3) is 0 Å². The molecule has 0 aliphatic heterocycles. The summed E-state index contributed by atoms with van der Waals surface area (Å²) in [5, 5.41) is 27.1. The van der Waals surface area contributed by atoms with Gasteiger partial charge in [0.05, 0.1) is 6.61 Å². The molecule has 0 radical (unpaired) electrons. The minimum Gasteiger partial charge on any atom is -0.477 e. The molecular formula is C7H6N4O. The zero-order valence-corrected chi connectivity index (χ0v) is 6.46. The number of rotatable bonds is 3. The van der Waals surface area contributed by atoms with Gasteiger partial charge in [0, 0.05) is 0 Å². The van der Waals surface area contributed by atoms with Gasteiger partial charge in [-0.2, -0.15) is 15.8 Å². The van der Waals surface area contributed by atoms with Gasteiger partial charge in [-0.3, -0.25) is 5.32 Å². The van der Waals surface area contributed by atoms with E-state index in [-0.39, 0.29) is 18.1 Å². The van der Waals surface area contributed by atoms with Crippen molar-refractivity contribution in [3.63, 3.8) is 0 Å². The Bertz CT molecular complexity index is 283. The van der Waals surface area contributed by atoms with Crippen LogP contribution in [0.15, 0.2) is 11.5 Å². The summed E-state index contributed by atoms with van der Waals surface area (Å²) in [5.41, 5.74) is -0.238. The first-order chi connectivity index (χ1) is 5.79. The molecule has 0 fully saturated rings. The predicted octanol–water partition coefficient (Wildman–Crippen LogP) is 0.352. The second kappa shape index (κ2) is 5.58. The van der Waals surface area contributed by atoms with Crippen LogP contribution in [0.2, 0.25) is 0 Å². The molecule has 0 saturated heterocycles. The lowest BCUT2D eigenvalue weighted by Crippen LogP contribution is -2.11. The molecule has 0 aromatic heterocycles. The molecule has 0 amide bonds. The molecule has 0 bridgehead atoms. The van der Waals surface area contributed by atoms with Crippen molar-refractivity contribution in [2.24, 2.45) is 0 Å². The summed E-state index contributed by atoms with van der Waals surface area (Å²) in [5.74, 6) is -0.0926. The number of nitrogens with zero attached hydrogens (tertiary/aromatic N) is 3. The summed E-state index contributed by atoms with van der Waals surface area (Å²) in [4.78, 5) is 0. The number of hydrogen-bond acceptors (Lipinski definition) is 5. The Morgan fingerprint density at radius 3 is 2.25 bits per heavy atom. The van der Waals surface area contributed by atoms with E-state index in [9.17, 15) is 0 Å². The smallest absolute Gasteiger partial charge is 0.229 e. The molecule has 0 heterocycles. The van der Waals surface area contributed by atoms with Crippen molar-refractivity contribution in [2.45, 2.75) is 6.92 Å². The number of nitriles is 3. The molecule has 1 N–H and O–H groups in total. The van der Waals surface area contributed by atoms with Crippen molar-refractivity contribution in [2.75, 3.05) is 6.61 Å². The van der Waals surface area contributed by atoms with E-state index in [0.717, 1.165) is 0 Å². The van der Waals surface area contributed by atoms with Gasteiger partial charge in [-0.1, -0.05) is 0 Å². The first-order valence-electron chi connectivity index (χ1n) is 3.12. The molecule has 5 heteroatoms. The molecule has 12 heavy (non-hydrogen) atoms. The van der Waals surface area contributed by atoms with E-state index in [1.807, 2.05) is 0 Å². The van der Waals surface area contributed by atoms with Crippen LogP contribution in [0.3, 0.4) is 0 Å². The predicted molar refractivity (Wildman–Crippen MR) is 38.6 cm³/mol. The molecule has 5 nitrogen and oxygen atoms in total. The summed E-state index contributed by atoms with van der Waals surface area (Å²) in [6, 6.07) is 3.20. The fraction of sp³-hybridized carbons (Fsp3) is 0.286. The van der Waals surface area contributed by atoms with Crippen LogP contribution in [0.5, 0.6) is 0 Å². The maximum absolute atomic E-state index is 8.39. The monoisotopic (exact) mass is 162 g/mol. The Balaban J connectivity index is 4.72. The standard InChI is InChI=1S/C7H6N4O/c1-2-12-7(11-5-10)6(3-8)4-9/h11H,2H2,1H3. The normalized spacial score (nSPS) is 6.83. The molecule has 0 aliphatic carbocycles. The Labute approximate surface area is 70.1 Å². The molecule has 0 aromatic rings. The third-order valence-electron chi connectivity index (χ3n) is 0.909. The average Bonchev–Trinajstić information content (AvgIpc) is 2.07. The highest BCUT2D eigenvalue weighted by atomic mass is 16.5. The third kappa shape index (κ3) is 2.60. The van der Waals surface area contributed by atoms with Crippen molar-refractivity contribution >= 4 is 0 Å². The lowest BCUT2D eigenvalue weighted by molar-refractivity contribution is 0.213. The molecule has 0 atom stereocenters. The minimum absolute atomic E-state index is 0.0926. The van der Waals surface area contributed by atoms with Gasteiger partial charge < -0.3 is 4.74 Å². The average molecular weight is 162 g/mol. The van der Waals surface area contributed by atoms with Crippen molar-refractivity contribution in [1.82, 2.24) is 5.32 Å². The molecule has 0 aromatic carbocycles. The highest BCUT2D eigenvalue weighted by molar-refractivity contribution is 5.37. The molecular weight excluding hydrogens is 156 g/mol. The van der Waals surface area contributed by atoms with Crippen molar-refractivity contribution in [3.8, 4) is 18.3 Å². The van der Waals surface area contributed by atoms with Crippen molar-refractivity contribution in [3.05, 3.63) is 11.5 Å². The molecule has 60 valence electrons. The van der Waals surface area contributed by atoms with Crippen LogP contribution in [-0.4, -0.2) is 6.61 Å². The lowest BCUT2D eigenvalue weighted by atomic mass is 10.3. The zero-order chi connectivity index (χ0) is 9.40. The fourth-order valence-electron chi connectivity index (χ4n) is 0.492. The first-order valence-corrected chi connectivity index (χ1v) is 3.12. The largest absolute Gasteiger partial charge is 0.477 e. The van der Waals surface area contributed by atoms with Crippen LogP contribution in [0, 0.1) is 34.1 Å². The van der Waals surface area contributed by atoms with Gasteiger partial charge in [-0.05, 0) is 6.92 Å². The van der Waals surface area contributed by atoms with E-state index in [1.165, 1.54) is 0 Å². The summed E-state index contributed by atoms with van der Waals surface area (Å²) in [6.07, 6.45) is 1.57. The van der Waals surface area contributed by atoms with E-state index in [4.69, 9.17) is 20.5 Å². The summed E-state index contributed by atoms with van der Waals surface area (Å²) < 4.78 is 4.83. The van der Waals surface area contributed by atoms with Crippen LogP contribution >= 0.6 is 0 Å². The lowest BCUT2D eigenvalue weighted by Gasteiger charge is -2.03. The van der Waals surface area contributed by atoms with Crippen molar-refractivity contribution in [1.29, 1.82) is 15.8 Å². The Hall–Kier alpha value is -2.19. The van der Waals surface area contributed by atoms with Gasteiger partial charge in [0.2, 0.25) is 5.88 Å². The maximum atomic E-state index is 8.39. The van der Waals surface area contributed by atoms with Gasteiger partial charge in [-0.25, -0.2) is 0 Å². The van der Waals surface area contributed by atoms with Gasteiger partial charge in [-0.15, -0.1) is 0 Å². The molecule has 0 aliphatic rings. The summed E-state index contributed by atoms with van der Waals surface area (Å²) in [7, 11) is 0. The second-order valence-electron chi connectivity index (χ2n) is 1.60. The fourth-order valence-corrected chi connectivity index (χ4v) is 0.492. The highest BCUT2D eigenvalue weighted by Gasteiger charge is 2.05. The number of ether oxygens (including phenoxy) is 1. The quantitative estimate of drug-likeness (QED) is 0.280. The molecule has 0 rings (SSSR count). The van der Waals surface area contributed by atoms with Crippen LogP contribution in [0.1, 0.15) is 6.92 Å². The van der Waals surface area contributed by atoms with E-state index in [2.05, 4.69) is 5.32 Å². The second-order valence-corrected chi connectivity index (χ2v) is 1.60. The van der Waals surface area contributed by atoms with E-state index in [1.54, 1.807) is 25.3 Å². The maximum Gasteiger partial charge on any atom is 0.229 e. The SMILES string of the molecule is CCOC(NC#N)=C(C#N)C#N. The van der Waals surface area contributed by atoms with Gasteiger partial charge in [0.1, 0.15) is 12.1 Å². The number of allylic oxidation sites excluding steroid dienone is 1. The number of hydrogen-bond donors (Lipinski definition) is 1.